The summed E-state index contributed by atoms with van der Waals surface area (Å²) in [6.45, 7) is 5.30. The van der Waals surface area contributed by atoms with Crippen molar-refractivity contribution in [3.63, 3.8) is 0 Å². The van der Waals surface area contributed by atoms with Crippen LogP contribution in [0.1, 0.15) is 19.8 Å². The van der Waals surface area contributed by atoms with E-state index in [0.717, 1.165) is 18.8 Å². The first-order chi connectivity index (χ1) is 9.54. The predicted molar refractivity (Wildman–Crippen MR) is 78.9 cm³/mol. The third-order valence-electron chi connectivity index (χ3n) is 4.40. The average Bonchev–Trinajstić information content (AvgIpc) is 2.83. The zero-order valence-corrected chi connectivity index (χ0v) is 11.7. The Morgan fingerprint density at radius 1 is 1.35 bits per heavy atom. The molecule has 20 heavy (non-hydrogen) atoms. The van der Waals surface area contributed by atoms with Gasteiger partial charge in [-0.1, -0.05) is 0 Å². The smallest absolute Gasteiger partial charge is 0.273 e. The van der Waals surface area contributed by atoms with E-state index >= 15 is 0 Å². The molecule has 2 aliphatic rings. The number of nitro benzene ring substituents is 1. The largest absolute Gasteiger partial charge is 0.398 e. The molecule has 1 aromatic carbocycles. The van der Waals surface area contributed by atoms with Crippen LogP contribution in [-0.4, -0.2) is 41.5 Å². The monoisotopic (exact) mass is 276 g/mol. The second-order valence-corrected chi connectivity index (χ2v) is 5.83. The minimum Gasteiger partial charge on any atom is -0.398 e. The van der Waals surface area contributed by atoms with Crippen molar-refractivity contribution in [2.75, 3.05) is 30.3 Å². The van der Waals surface area contributed by atoms with E-state index in [1.54, 1.807) is 6.07 Å². The lowest BCUT2D eigenvalue weighted by molar-refractivity contribution is -0.384. The zero-order valence-electron chi connectivity index (χ0n) is 11.7. The summed E-state index contributed by atoms with van der Waals surface area (Å²) in [4.78, 5) is 15.4. The average molecular weight is 276 g/mol. The van der Waals surface area contributed by atoms with Gasteiger partial charge in [-0.05, 0) is 32.4 Å². The van der Waals surface area contributed by atoms with Crippen molar-refractivity contribution < 1.29 is 4.92 Å². The van der Waals surface area contributed by atoms with Crippen molar-refractivity contribution in [1.82, 2.24) is 4.90 Å². The summed E-state index contributed by atoms with van der Waals surface area (Å²) in [7, 11) is 0. The van der Waals surface area contributed by atoms with Crippen molar-refractivity contribution in [3.05, 3.63) is 28.3 Å². The van der Waals surface area contributed by atoms with Crippen LogP contribution in [0.4, 0.5) is 17.1 Å². The first-order valence-electron chi connectivity index (χ1n) is 7.10. The SMILES string of the molecule is CC1CN2CCCC2CN1c1cc(N)cc([N+](=O)[O-])c1. The van der Waals surface area contributed by atoms with Crippen molar-refractivity contribution in [3.8, 4) is 0 Å². The maximum absolute atomic E-state index is 11.0. The molecular weight excluding hydrogens is 256 g/mol. The van der Waals surface area contributed by atoms with Crippen molar-refractivity contribution in [2.45, 2.75) is 31.8 Å². The summed E-state index contributed by atoms with van der Waals surface area (Å²) >= 11 is 0. The standard InChI is InChI=1S/C14H20N4O2/c1-10-8-16-4-2-3-12(16)9-17(10)13-5-11(15)6-14(7-13)18(19)20/h5-7,10,12H,2-4,8-9,15H2,1H3. The van der Waals surface area contributed by atoms with Gasteiger partial charge in [-0.3, -0.25) is 15.0 Å². The number of benzene rings is 1. The molecule has 2 unspecified atom stereocenters. The van der Waals surface area contributed by atoms with Gasteiger partial charge in [0.2, 0.25) is 0 Å². The third kappa shape index (κ3) is 2.31. The molecule has 6 nitrogen and oxygen atoms in total. The molecule has 2 atom stereocenters. The van der Waals surface area contributed by atoms with Gasteiger partial charge >= 0.3 is 0 Å². The lowest BCUT2D eigenvalue weighted by Gasteiger charge is -2.43. The maximum atomic E-state index is 11.0. The van der Waals surface area contributed by atoms with E-state index in [1.807, 2.05) is 6.07 Å². The predicted octanol–water partition coefficient (Wildman–Crippen LogP) is 1.85. The molecule has 6 heteroatoms. The Balaban J connectivity index is 1.89. The van der Waals surface area contributed by atoms with Crippen LogP contribution in [0.2, 0.25) is 0 Å². The molecule has 1 aromatic rings. The fourth-order valence-electron chi connectivity index (χ4n) is 3.44. The number of anilines is 2. The number of nitrogens with zero attached hydrogens (tertiary/aromatic N) is 3. The van der Waals surface area contributed by atoms with Gasteiger partial charge in [-0.25, -0.2) is 0 Å². The Hall–Kier alpha value is -1.82. The molecule has 2 fully saturated rings. The highest BCUT2D eigenvalue weighted by Gasteiger charge is 2.34. The van der Waals surface area contributed by atoms with Gasteiger partial charge in [0.25, 0.3) is 5.69 Å². The van der Waals surface area contributed by atoms with E-state index in [-0.39, 0.29) is 10.6 Å². The van der Waals surface area contributed by atoms with Crippen LogP contribution in [0.25, 0.3) is 0 Å². The van der Waals surface area contributed by atoms with Crippen molar-refractivity contribution in [1.29, 1.82) is 0 Å². The molecule has 0 bridgehead atoms. The van der Waals surface area contributed by atoms with Gasteiger partial charge in [0, 0.05) is 48.7 Å². The normalized spacial score (nSPS) is 26.6. The van der Waals surface area contributed by atoms with Gasteiger partial charge in [0.1, 0.15) is 0 Å². The Bertz CT molecular complexity index is 534. The van der Waals surface area contributed by atoms with Gasteiger partial charge < -0.3 is 10.6 Å². The molecule has 2 N–H and O–H groups in total. The number of nitro groups is 1. The second-order valence-electron chi connectivity index (χ2n) is 5.83. The molecule has 0 aromatic heterocycles. The number of nitrogens with two attached hydrogens (primary N) is 1. The Labute approximate surface area is 118 Å². The lowest BCUT2D eigenvalue weighted by atomic mass is 10.1. The molecule has 0 saturated carbocycles. The van der Waals surface area contributed by atoms with Crippen LogP contribution in [0.3, 0.4) is 0 Å². The van der Waals surface area contributed by atoms with Gasteiger partial charge in [0.05, 0.1) is 4.92 Å². The summed E-state index contributed by atoms with van der Waals surface area (Å²) < 4.78 is 0. The summed E-state index contributed by atoms with van der Waals surface area (Å²) in [5.41, 5.74) is 7.21. The second kappa shape index (κ2) is 4.94. The number of fused-ring (bicyclic) bond motifs is 1. The first kappa shape index (κ1) is 13.2. The van der Waals surface area contributed by atoms with E-state index < -0.39 is 0 Å². The highest BCUT2D eigenvalue weighted by molar-refractivity contribution is 5.63. The summed E-state index contributed by atoms with van der Waals surface area (Å²) in [5.74, 6) is 0. The van der Waals surface area contributed by atoms with Crippen molar-refractivity contribution in [2.24, 2.45) is 0 Å². The summed E-state index contributed by atoms with van der Waals surface area (Å²) in [5, 5.41) is 11.0. The number of hydrogen-bond acceptors (Lipinski definition) is 5. The van der Waals surface area contributed by atoms with Crippen molar-refractivity contribution >= 4 is 17.1 Å². The quantitative estimate of drug-likeness (QED) is 0.507. The van der Waals surface area contributed by atoms with Crippen LogP contribution in [0.5, 0.6) is 0 Å². The lowest BCUT2D eigenvalue weighted by Crippen LogP contribution is -2.55. The zero-order chi connectivity index (χ0) is 14.3. The molecule has 2 aliphatic heterocycles. The molecular formula is C14H20N4O2. The van der Waals surface area contributed by atoms with Crippen LogP contribution >= 0.6 is 0 Å². The number of rotatable bonds is 2. The van der Waals surface area contributed by atoms with Crippen LogP contribution in [0, 0.1) is 10.1 Å². The highest BCUT2D eigenvalue weighted by Crippen LogP contribution is 2.32. The van der Waals surface area contributed by atoms with Crippen LogP contribution < -0.4 is 10.6 Å². The number of piperazine rings is 1. The van der Waals surface area contributed by atoms with E-state index in [4.69, 9.17) is 5.73 Å². The Kier molecular flexibility index (Phi) is 3.25. The Morgan fingerprint density at radius 2 is 2.15 bits per heavy atom. The molecule has 2 saturated heterocycles. The van der Waals surface area contributed by atoms with E-state index in [1.165, 1.54) is 25.5 Å². The molecule has 0 spiro atoms. The van der Waals surface area contributed by atoms with E-state index in [0.29, 0.717) is 17.8 Å². The molecule has 108 valence electrons. The van der Waals surface area contributed by atoms with E-state index in [2.05, 4.69) is 16.7 Å². The minimum atomic E-state index is -0.379. The maximum Gasteiger partial charge on any atom is 0.273 e. The molecule has 2 heterocycles. The Morgan fingerprint density at radius 3 is 2.90 bits per heavy atom. The minimum absolute atomic E-state index is 0.0704. The van der Waals surface area contributed by atoms with Gasteiger partial charge in [0.15, 0.2) is 0 Å². The molecule has 0 amide bonds. The van der Waals surface area contributed by atoms with Gasteiger partial charge in [-0.2, -0.15) is 0 Å². The first-order valence-corrected chi connectivity index (χ1v) is 7.10. The number of hydrogen-bond donors (Lipinski definition) is 1. The summed E-state index contributed by atoms with van der Waals surface area (Å²) in [6.07, 6.45) is 2.47. The van der Waals surface area contributed by atoms with Crippen LogP contribution in [-0.2, 0) is 0 Å². The van der Waals surface area contributed by atoms with Gasteiger partial charge in [-0.15, -0.1) is 0 Å². The fourth-order valence-corrected chi connectivity index (χ4v) is 3.44. The number of nitrogen functional groups attached to an aromatic ring is 1. The molecule has 3 rings (SSSR count). The molecule has 0 aliphatic carbocycles. The van der Waals surface area contributed by atoms with Crippen LogP contribution in [0.15, 0.2) is 18.2 Å². The number of non-ortho nitro benzene ring substituents is 1. The van der Waals surface area contributed by atoms with E-state index in [9.17, 15) is 10.1 Å². The fraction of sp³-hybridized carbons (Fsp3) is 0.571. The topological polar surface area (TPSA) is 75.6 Å². The third-order valence-corrected chi connectivity index (χ3v) is 4.40. The highest BCUT2D eigenvalue weighted by atomic mass is 16.6. The summed E-state index contributed by atoms with van der Waals surface area (Å²) in [6, 6.07) is 5.82. The molecule has 0 radical (unpaired) electrons.